The third-order valence-electron chi connectivity index (χ3n) is 2.88. The first-order valence-electron chi connectivity index (χ1n) is 5.55. The van der Waals surface area contributed by atoms with Gasteiger partial charge in [-0.05, 0) is 38.3 Å². The van der Waals surface area contributed by atoms with Gasteiger partial charge in [-0.3, -0.25) is 9.59 Å². The summed E-state index contributed by atoms with van der Waals surface area (Å²) in [7, 11) is 0. The van der Waals surface area contributed by atoms with Crippen LogP contribution in [0.2, 0.25) is 0 Å². The maximum absolute atomic E-state index is 11.7. The van der Waals surface area contributed by atoms with Crippen molar-refractivity contribution >= 4 is 5.91 Å². The Morgan fingerprint density at radius 2 is 2.19 bits per heavy atom. The Balaban J connectivity index is 2.08. The highest BCUT2D eigenvalue weighted by Crippen LogP contribution is 2.28. The van der Waals surface area contributed by atoms with Gasteiger partial charge >= 0.3 is 0 Å². The van der Waals surface area contributed by atoms with Gasteiger partial charge in [0.25, 0.3) is 5.56 Å². The van der Waals surface area contributed by atoms with Gasteiger partial charge in [-0.2, -0.15) is 0 Å². The Morgan fingerprint density at radius 1 is 1.50 bits per heavy atom. The molecule has 1 fully saturated rings. The highest BCUT2D eigenvalue weighted by Gasteiger charge is 2.29. The molecule has 0 bridgehead atoms. The molecular weight excluding hydrogens is 204 g/mol. The molecule has 0 atom stereocenters. The van der Waals surface area contributed by atoms with Crippen molar-refractivity contribution in [3.05, 3.63) is 33.2 Å². The second-order valence-electron chi connectivity index (χ2n) is 4.44. The van der Waals surface area contributed by atoms with Crippen LogP contribution in [0.25, 0.3) is 0 Å². The molecule has 4 heteroatoms. The topological polar surface area (TPSA) is 62.0 Å². The summed E-state index contributed by atoms with van der Waals surface area (Å²) in [6.45, 7) is 4.07. The van der Waals surface area contributed by atoms with E-state index >= 15 is 0 Å². The van der Waals surface area contributed by atoms with Crippen LogP contribution < -0.4 is 10.9 Å². The smallest absolute Gasteiger partial charge is 0.253 e. The number of rotatable bonds is 3. The quantitative estimate of drug-likeness (QED) is 0.798. The summed E-state index contributed by atoms with van der Waals surface area (Å²) >= 11 is 0. The van der Waals surface area contributed by atoms with Gasteiger partial charge < -0.3 is 10.3 Å². The lowest BCUT2D eigenvalue weighted by atomic mass is 10.1. The summed E-state index contributed by atoms with van der Waals surface area (Å²) in [4.78, 5) is 25.8. The molecule has 0 radical (unpaired) electrons. The van der Waals surface area contributed by atoms with Crippen LogP contribution in [0, 0.1) is 19.8 Å². The van der Waals surface area contributed by atoms with Crippen molar-refractivity contribution in [2.24, 2.45) is 5.92 Å². The number of carbonyl (C=O) groups is 1. The molecular formula is C12H16N2O2. The molecule has 2 N–H and O–H groups in total. The van der Waals surface area contributed by atoms with Gasteiger partial charge in [0.2, 0.25) is 5.91 Å². The van der Waals surface area contributed by atoms with E-state index in [4.69, 9.17) is 0 Å². The van der Waals surface area contributed by atoms with Crippen LogP contribution in [-0.2, 0) is 11.3 Å². The minimum Gasteiger partial charge on any atom is -0.352 e. The van der Waals surface area contributed by atoms with Gasteiger partial charge in [0.05, 0.1) is 0 Å². The fourth-order valence-corrected chi connectivity index (χ4v) is 1.77. The van der Waals surface area contributed by atoms with Crippen LogP contribution in [0.3, 0.4) is 0 Å². The zero-order valence-corrected chi connectivity index (χ0v) is 9.59. The fraction of sp³-hybridized carbons (Fsp3) is 0.500. The molecule has 1 aromatic heterocycles. The predicted octanol–water partition coefficient (Wildman–Crippen LogP) is 1.02. The molecule has 0 aromatic carbocycles. The first-order valence-corrected chi connectivity index (χ1v) is 5.55. The molecule has 1 saturated carbocycles. The fourth-order valence-electron chi connectivity index (χ4n) is 1.77. The van der Waals surface area contributed by atoms with Crippen LogP contribution in [-0.4, -0.2) is 10.9 Å². The Morgan fingerprint density at radius 3 is 2.75 bits per heavy atom. The highest BCUT2D eigenvalue weighted by molar-refractivity contribution is 5.80. The average molecular weight is 220 g/mol. The van der Waals surface area contributed by atoms with E-state index in [2.05, 4.69) is 10.3 Å². The maximum Gasteiger partial charge on any atom is 0.253 e. The minimum atomic E-state index is -0.103. The summed E-state index contributed by atoms with van der Waals surface area (Å²) in [5, 5.41) is 2.80. The van der Waals surface area contributed by atoms with Crippen molar-refractivity contribution < 1.29 is 4.79 Å². The van der Waals surface area contributed by atoms with E-state index in [1.54, 1.807) is 0 Å². The van der Waals surface area contributed by atoms with E-state index in [9.17, 15) is 9.59 Å². The molecule has 4 nitrogen and oxygen atoms in total. The molecule has 0 unspecified atom stereocenters. The van der Waals surface area contributed by atoms with E-state index in [1.807, 2.05) is 19.9 Å². The first-order chi connectivity index (χ1) is 7.58. The number of H-pyrrole nitrogens is 1. The molecule has 16 heavy (non-hydrogen) atoms. The molecule has 1 aromatic rings. The van der Waals surface area contributed by atoms with E-state index < -0.39 is 0 Å². The Bertz CT molecular complexity index is 472. The number of nitrogens with one attached hydrogen (secondary N) is 2. The molecule has 1 heterocycles. The Kier molecular flexibility index (Phi) is 2.81. The van der Waals surface area contributed by atoms with Gasteiger partial charge in [-0.1, -0.05) is 0 Å². The third kappa shape index (κ3) is 2.32. The maximum atomic E-state index is 11.7. The van der Waals surface area contributed by atoms with Crippen LogP contribution >= 0.6 is 0 Å². The lowest BCUT2D eigenvalue weighted by molar-refractivity contribution is -0.122. The number of aryl methyl sites for hydroxylation is 2. The van der Waals surface area contributed by atoms with Crippen molar-refractivity contribution in [1.29, 1.82) is 0 Å². The second kappa shape index (κ2) is 4.12. The monoisotopic (exact) mass is 220 g/mol. The first kappa shape index (κ1) is 10.9. The highest BCUT2D eigenvalue weighted by atomic mass is 16.2. The summed E-state index contributed by atoms with van der Waals surface area (Å²) in [5.41, 5.74) is 2.32. The summed E-state index contributed by atoms with van der Waals surface area (Å²) in [5.74, 6) is 0.254. The number of pyridine rings is 1. The molecule has 0 saturated heterocycles. The van der Waals surface area contributed by atoms with Crippen molar-refractivity contribution in [3.63, 3.8) is 0 Å². The zero-order chi connectivity index (χ0) is 11.7. The molecule has 1 amide bonds. The van der Waals surface area contributed by atoms with E-state index in [0.29, 0.717) is 12.1 Å². The lowest BCUT2D eigenvalue weighted by Gasteiger charge is -2.07. The molecule has 0 aliphatic heterocycles. The molecule has 86 valence electrons. The Labute approximate surface area is 94.1 Å². The number of hydrogen-bond donors (Lipinski definition) is 2. The largest absolute Gasteiger partial charge is 0.352 e. The molecule has 1 aliphatic carbocycles. The van der Waals surface area contributed by atoms with Gasteiger partial charge in [0, 0.05) is 23.7 Å². The lowest BCUT2D eigenvalue weighted by Crippen LogP contribution is -2.28. The van der Waals surface area contributed by atoms with Crippen molar-refractivity contribution in [1.82, 2.24) is 10.3 Å². The van der Waals surface area contributed by atoms with E-state index in [0.717, 1.165) is 24.1 Å². The SMILES string of the molecule is Cc1cc(C)c(CNC(=O)C2CC2)c(=O)[nH]1. The number of hydrogen-bond acceptors (Lipinski definition) is 2. The summed E-state index contributed by atoms with van der Waals surface area (Å²) in [6.07, 6.45) is 1.96. The van der Waals surface area contributed by atoms with Crippen LogP contribution in [0.1, 0.15) is 29.7 Å². The van der Waals surface area contributed by atoms with Crippen molar-refractivity contribution in [2.45, 2.75) is 33.2 Å². The van der Waals surface area contributed by atoms with Crippen LogP contribution in [0.15, 0.2) is 10.9 Å². The van der Waals surface area contributed by atoms with Crippen LogP contribution in [0.5, 0.6) is 0 Å². The average Bonchev–Trinajstić information content (AvgIpc) is 2.98. The normalized spacial score (nSPS) is 14.9. The Hall–Kier alpha value is -1.58. The third-order valence-corrected chi connectivity index (χ3v) is 2.88. The molecule has 2 rings (SSSR count). The minimum absolute atomic E-state index is 0.0689. The van der Waals surface area contributed by atoms with E-state index in [-0.39, 0.29) is 17.4 Å². The van der Waals surface area contributed by atoms with Crippen LogP contribution in [0.4, 0.5) is 0 Å². The van der Waals surface area contributed by atoms with Gasteiger partial charge in [0.15, 0.2) is 0 Å². The molecule has 0 spiro atoms. The summed E-state index contributed by atoms with van der Waals surface area (Å²) < 4.78 is 0. The van der Waals surface area contributed by atoms with Gasteiger partial charge in [-0.15, -0.1) is 0 Å². The van der Waals surface area contributed by atoms with Gasteiger partial charge in [-0.25, -0.2) is 0 Å². The predicted molar refractivity (Wildman–Crippen MR) is 61.1 cm³/mol. The van der Waals surface area contributed by atoms with Crippen molar-refractivity contribution in [3.8, 4) is 0 Å². The number of carbonyl (C=O) groups excluding carboxylic acids is 1. The second-order valence-corrected chi connectivity index (χ2v) is 4.44. The van der Waals surface area contributed by atoms with Crippen molar-refractivity contribution in [2.75, 3.05) is 0 Å². The van der Waals surface area contributed by atoms with E-state index in [1.165, 1.54) is 0 Å². The number of amides is 1. The number of aromatic amines is 1. The zero-order valence-electron chi connectivity index (χ0n) is 9.59. The standard InChI is InChI=1S/C12H16N2O2/c1-7-5-8(2)14-12(16)10(7)6-13-11(15)9-3-4-9/h5,9H,3-4,6H2,1-2H3,(H,13,15)(H,14,16). The summed E-state index contributed by atoms with van der Waals surface area (Å²) in [6, 6.07) is 1.92. The number of aromatic nitrogens is 1. The molecule has 1 aliphatic rings. The van der Waals surface area contributed by atoms with Gasteiger partial charge in [0.1, 0.15) is 0 Å².